The van der Waals surface area contributed by atoms with Crippen molar-refractivity contribution in [2.75, 3.05) is 0 Å². The van der Waals surface area contributed by atoms with Crippen LogP contribution in [-0.4, -0.2) is 5.11 Å². The second-order valence-corrected chi connectivity index (χ2v) is 4.96. The lowest BCUT2D eigenvalue weighted by Gasteiger charge is -2.14. The Kier molecular flexibility index (Phi) is 4.35. The third kappa shape index (κ3) is 3.52. The minimum absolute atomic E-state index is 0.133. The van der Waals surface area contributed by atoms with E-state index in [4.69, 9.17) is 9.84 Å². The standard InChI is InChI=1S/C14H10BrF3O2/c15-10-3-6-13(12(7-10)14(16,17)18)20-11-4-1-9(8-19)2-5-11/h1-7,19H,8H2. The minimum atomic E-state index is -4.50. The van der Waals surface area contributed by atoms with Crippen LogP contribution in [0.3, 0.4) is 0 Å². The molecular weight excluding hydrogens is 337 g/mol. The zero-order valence-electron chi connectivity index (χ0n) is 10.1. The minimum Gasteiger partial charge on any atom is -0.457 e. The number of aliphatic hydroxyl groups excluding tert-OH is 1. The summed E-state index contributed by atoms with van der Waals surface area (Å²) in [6, 6.07) is 9.89. The van der Waals surface area contributed by atoms with E-state index in [1.54, 1.807) is 12.1 Å². The molecule has 2 nitrogen and oxygen atoms in total. The third-order valence-electron chi connectivity index (χ3n) is 2.58. The molecule has 0 fully saturated rings. The van der Waals surface area contributed by atoms with Crippen molar-refractivity contribution < 1.29 is 23.0 Å². The van der Waals surface area contributed by atoms with Crippen LogP contribution >= 0.6 is 15.9 Å². The van der Waals surface area contributed by atoms with E-state index in [0.29, 0.717) is 10.0 Å². The SMILES string of the molecule is OCc1ccc(Oc2ccc(Br)cc2C(F)(F)F)cc1. The maximum absolute atomic E-state index is 12.9. The predicted molar refractivity (Wildman–Crippen MR) is 71.6 cm³/mol. The summed E-state index contributed by atoms with van der Waals surface area (Å²) >= 11 is 3.01. The van der Waals surface area contributed by atoms with Crippen LogP contribution < -0.4 is 4.74 Å². The molecule has 2 aromatic rings. The smallest absolute Gasteiger partial charge is 0.420 e. The molecular formula is C14H10BrF3O2. The van der Waals surface area contributed by atoms with Crippen molar-refractivity contribution in [3.05, 3.63) is 58.1 Å². The molecule has 0 saturated heterocycles. The van der Waals surface area contributed by atoms with Gasteiger partial charge >= 0.3 is 6.18 Å². The number of alkyl halides is 3. The lowest BCUT2D eigenvalue weighted by molar-refractivity contribution is -0.138. The summed E-state index contributed by atoms with van der Waals surface area (Å²) < 4.78 is 44.3. The fourth-order valence-corrected chi connectivity index (χ4v) is 1.96. The van der Waals surface area contributed by atoms with Gasteiger partial charge in [0.1, 0.15) is 11.5 Å². The number of aliphatic hydroxyl groups is 1. The van der Waals surface area contributed by atoms with Crippen LogP contribution in [0.25, 0.3) is 0 Å². The Bertz CT molecular complexity index is 594. The van der Waals surface area contributed by atoms with Gasteiger partial charge in [-0.15, -0.1) is 0 Å². The zero-order valence-corrected chi connectivity index (χ0v) is 11.7. The van der Waals surface area contributed by atoms with Crippen molar-refractivity contribution in [1.29, 1.82) is 0 Å². The lowest BCUT2D eigenvalue weighted by Crippen LogP contribution is -2.07. The summed E-state index contributed by atoms with van der Waals surface area (Å²) in [7, 11) is 0. The van der Waals surface area contributed by atoms with Gasteiger partial charge in [-0.25, -0.2) is 0 Å². The first-order chi connectivity index (χ1) is 9.40. The van der Waals surface area contributed by atoms with Gasteiger partial charge in [-0.05, 0) is 35.9 Å². The van der Waals surface area contributed by atoms with E-state index in [2.05, 4.69) is 15.9 Å². The number of ether oxygens (including phenoxy) is 1. The number of hydrogen-bond acceptors (Lipinski definition) is 2. The van der Waals surface area contributed by atoms with E-state index in [1.165, 1.54) is 24.3 Å². The molecule has 106 valence electrons. The molecule has 0 aliphatic carbocycles. The monoisotopic (exact) mass is 346 g/mol. The van der Waals surface area contributed by atoms with Gasteiger partial charge in [-0.1, -0.05) is 28.1 Å². The van der Waals surface area contributed by atoms with E-state index in [9.17, 15) is 13.2 Å². The molecule has 2 aromatic carbocycles. The van der Waals surface area contributed by atoms with Crippen LogP contribution in [0.4, 0.5) is 13.2 Å². The molecule has 0 aliphatic heterocycles. The molecule has 0 aromatic heterocycles. The van der Waals surface area contributed by atoms with Gasteiger partial charge in [0, 0.05) is 4.47 Å². The van der Waals surface area contributed by atoms with Gasteiger partial charge < -0.3 is 9.84 Å². The molecule has 0 heterocycles. The summed E-state index contributed by atoms with van der Waals surface area (Å²) in [6.45, 7) is -0.133. The van der Waals surface area contributed by atoms with Crippen LogP contribution in [0.5, 0.6) is 11.5 Å². The summed E-state index contributed by atoms with van der Waals surface area (Å²) in [5.74, 6) is 0.00692. The largest absolute Gasteiger partial charge is 0.457 e. The highest BCUT2D eigenvalue weighted by molar-refractivity contribution is 9.10. The van der Waals surface area contributed by atoms with Gasteiger partial charge in [0.2, 0.25) is 0 Å². The molecule has 0 spiro atoms. The third-order valence-corrected chi connectivity index (χ3v) is 3.07. The Balaban J connectivity index is 2.32. The van der Waals surface area contributed by atoms with Crippen molar-refractivity contribution in [2.45, 2.75) is 12.8 Å². The topological polar surface area (TPSA) is 29.5 Å². The quantitative estimate of drug-likeness (QED) is 0.868. The molecule has 0 aliphatic rings. The average molecular weight is 347 g/mol. The highest BCUT2D eigenvalue weighted by Gasteiger charge is 2.34. The maximum Gasteiger partial charge on any atom is 0.420 e. The van der Waals surface area contributed by atoms with Gasteiger partial charge in [-0.3, -0.25) is 0 Å². The number of hydrogen-bond donors (Lipinski definition) is 1. The first-order valence-electron chi connectivity index (χ1n) is 5.64. The number of halogens is 4. The molecule has 0 radical (unpaired) electrons. The van der Waals surface area contributed by atoms with Crippen molar-refractivity contribution in [3.63, 3.8) is 0 Å². The molecule has 20 heavy (non-hydrogen) atoms. The summed E-state index contributed by atoms with van der Waals surface area (Å²) in [6.07, 6.45) is -4.50. The van der Waals surface area contributed by atoms with E-state index in [0.717, 1.165) is 6.07 Å². The fraction of sp³-hybridized carbons (Fsp3) is 0.143. The summed E-state index contributed by atoms with van der Waals surface area (Å²) in [5, 5.41) is 8.90. The zero-order chi connectivity index (χ0) is 14.8. The molecule has 0 atom stereocenters. The summed E-state index contributed by atoms with van der Waals surface area (Å²) in [5.41, 5.74) is -0.192. The van der Waals surface area contributed by atoms with Gasteiger partial charge in [0.25, 0.3) is 0 Å². The Hall–Kier alpha value is -1.53. The molecule has 6 heteroatoms. The normalized spacial score (nSPS) is 11.4. The van der Waals surface area contributed by atoms with E-state index >= 15 is 0 Å². The maximum atomic E-state index is 12.9. The van der Waals surface area contributed by atoms with E-state index in [-0.39, 0.29) is 18.1 Å². The second kappa shape index (κ2) is 5.85. The van der Waals surface area contributed by atoms with Gasteiger partial charge in [0.05, 0.1) is 12.2 Å². The fourth-order valence-electron chi connectivity index (χ4n) is 1.60. The molecule has 2 rings (SSSR count). The Morgan fingerprint density at radius 2 is 1.70 bits per heavy atom. The first-order valence-corrected chi connectivity index (χ1v) is 6.44. The van der Waals surface area contributed by atoms with Crippen molar-refractivity contribution >= 4 is 15.9 Å². The second-order valence-electron chi connectivity index (χ2n) is 4.04. The Morgan fingerprint density at radius 1 is 1.05 bits per heavy atom. The molecule has 0 unspecified atom stereocenters. The van der Waals surface area contributed by atoms with Crippen molar-refractivity contribution in [1.82, 2.24) is 0 Å². The Morgan fingerprint density at radius 3 is 2.25 bits per heavy atom. The van der Waals surface area contributed by atoms with Gasteiger partial charge in [-0.2, -0.15) is 13.2 Å². The predicted octanol–water partition coefficient (Wildman–Crippen LogP) is 4.75. The average Bonchev–Trinajstić information content (AvgIpc) is 2.40. The van der Waals surface area contributed by atoms with Crippen LogP contribution in [0.2, 0.25) is 0 Å². The number of rotatable bonds is 3. The highest BCUT2D eigenvalue weighted by Crippen LogP contribution is 2.39. The number of benzene rings is 2. The Labute approximate surface area is 121 Å². The summed E-state index contributed by atoms with van der Waals surface area (Å²) in [4.78, 5) is 0. The van der Waals surface area contributed by atoms with Crippen molar-refractivity contribution in [3.8, 4) is 11.5 Å². The molecule has 1 N–H and O–H groups in total. The van der Waals surface area contributed by atoms with Crippen molar-refractivity contribution in [2.24, 2.45) is 0 Å². The molecule has 0 bridgehead atoms. The molecule has 0 amide bonds. The van der Waals surface area contributed by atoms with E-state index < -0.39 is 11.7 Å². The van der Waals surface area contributed by atoms with Crippen LogP contribution in [0.1, 0.15) is 11.1 Å². The highest BCUT2D eigenvalue weighted by atomic mass is 79.9. The molecule has 0 saturated carbocycles. The van der Waals surface area contributed by atoms with Crippen LogP contribution in [0.15, 0.2) is 46.9 Å². The van der Waals surface area contributed by atoms with Crippen LogP contribution in [-0.2, 0) is 12.8 Å². The van der Waals surface area contributed by atoms with Crippen LogP contribution in [0, 0.1) is 0 Å². The lowest BCUT2D eigenvalue weighted by atomic mass is 10.2. The van der Waals surface area contributed by atoms with E-state index in [1.807, 2.05) is 0 Å². The van der Waals surface area contributed by atoms with Gasteiger partial charge in [0.15, 0.2) is 0 Å². The first kappa shape index (κ1) is 14.9.